The Morgan fingerprint density at radius 3 is 2.41 bits per heavy atom. The number of anilines is 1. The van der Waals surface area contributed by atoms with Crippen LogP contribution < -0.4 is 9.64 Å². The molecule has 1 fully saturated rings. The number of phenols is 1. The number of methoxy groups -OCH3 is 1. The van der Waals surface area contributed by atoms with Gasteiger partial charge in [0.15, 0.2) is 17.3 Å². The molecule has 0 atom stereocenters. The van der Waals surface area contributed by atoms with Crippen molar-refractivity contribution in [2.45, 2.75) is 19.3 Å². The summed E-state index contributed by atoms with van der Waals surface area (Å²) in [5, 5.41) is 14.2. The van der Waals surface area contributed by atoms with Crippen molar-refractivity contribution < 1.29 is 14.2 Å². The van der Waals surface area contributed by atoms with Crippen LogP contribution in [0.1, 0.15) is 19.3 Å². The van der Waals surface area contributed by atoms with Crippen LogP contribution in [0.15, 0.2) is 48.7 Å². The van der Waals surface area contributed by atoms with Gasteiger partial charge in [-0.3, -0.25) is 0 Å². The van der Waals surface area contributed by atoms with Crippen molar-refractivity contribution in [2.75, 3.05) is 25.1 Å². The molecule has 4 rings (SSSR count). The van der Waals surface area contributed by atoms with E-state index in [1.165, 1.54) is 38.1 Å². The van der Waals surface area contributed by atoms with Crippen molar-refractivity contribution in [2.24, 2.45) is 0 Å². The van der Waals surface area contributed by atoms with Crippen LogP contribution in [-0.4, -0.2) is 35.1 Å². The Bertz CT molecular complexity index is 931. The standard InChI is InChI=1S/C21H22FN3O2/c1-27-20-14-15(13-18(22)21(20)26)19-9-12-25(23-19)17-7-5-16(6-8-17)24-10-3-2-4-11-24/h5-9,12-14,26H,2-4,10-11H2,1H3. The molecule has 0 unspecified atom stereocenters. The van der Waals surface area contributed by atoms with Crippen LogP contribution in [0.4, 0.5) is 10.1 Å². The van der Waals surface area contributed by atoms with Crippen LogP contribution in [0.2, 0.25) is 0 Å². The second-order valence-electron chi connectivity index (χ2n) is 6.72. The van der Waals surface area contributed by atoms with E-state index in [9.17, 15) is 9.50 Å². The van der Waals surface area contributed by atoms with Gasteiger partial charge in [0, 0.05) is 30.5 Å². The molecule has 0 bridgehead atoms. The summed E-state index contributed by atoms with van der Waals surface area (Å²) >= 11 is 0. The summed E-state index contributed by atoms with van der Waals surface area (Å²) in [7, 11) is 1.39. The lowest BCUT2D eigenvalue weighted by Crippen LogP contribution is -2.29. The van der Waals surface area contributed by atoms with Crippen molar-refractivity contribution in [1.29, 1.82) is 0 Å². The molecule has 0 radical (unpaired) electrons. The van der Waals surface area contributed by atoms with Gasteiger partial charge in [-0.05, 0) is 61.7 Å². The highest BCUT2D eigenvalue weighted by Gasteiger charge is 2.14. The molecule has 0 amide bonds. The maximum Gasteiger partial charge on any atom is 0.194 e. The Morgan fingerprint density at radius 2 is 1.70 bits per heavy atom. The minimum absolute atomic E-state index is 0.0884. The third-order valence-electron chi connectivity index (χ3n) is 4.97. The van der Waals surface area contributed by atoms with Crippen LogP contribution in [-0.2, 0) is 0 Å². The van der Waals surface area contributed by atoms with E-state index in [-0.39, 0.29) is 5.75 Å². The van der Waals surface area contributed by atoms with Gasteiger partial charge in [0.2, 0.25) is 0 Å². The Labute approximate surface area is 157 Å². The molecule has 2 heterocycles. The van der Waals surface area contributed by atoms with E-state index in [0.717, 1.165) is 18.8 Å². The zero-order valence-electron chi connectivity index (χ0n) is 15.2. The van der Waals surface area contributed by atoms with Crippen molar-refractivity contribution in [1.82, 2.24) is 9.78 Å². The number of aromatic hydroxyl groups is 1. The van der Waals surface area contributed by atoms with Gasteiger partial charge >= 0.3 is 0 Å². The van der Waals surface area contributed by atoms with Crippen LogP contribution in [0.5, 0.6) is 11.5 Å². The average Bonchev–Trinajstić information content (AvgIpc) is 3.21. The molecule has 1 aliphatic rings. The van der Waals surface area contributed by atoms with Gasteiger partial charge in [0.1, 0.15) is 0 Å². The highest BCUT2D eigenvalue weighted by molar-refractivity contribution is 5.64. The number of halogens is 1. The van der Waals surface area contributed by atoms with Crippen LogP contribution >= 0.6 is 0 Å². The molecule has 2 aromatic carbocycles. The predicted octanol–water partition coefficient (Wildman–Crippen LogP) is 4.38. The topological polar surface area (TPSA) is 50.5 Å². The van der Waals surface area contributed by atoms with E-state index in [1.807, 2.05) is 24.4 Å². The van der Waals surface area contributed by atoms with Gasteiger partial charge in [-0.1, -0.05) is 0 Å². The first-order chi connectivity index (χ1) is 13.2. The molecular weight excluding hydrogens is 345 g/mol. The Hall–Kier alpha value is -3.02. The third kappa shape index (κ3) is 3.47. The summed E-state index contributed by atoms with van der Waals surface area (Å²) in [4.78, 5) is 2.41. The molecular formula is C21H22FN3O2. The highest BCUT2D eigenvalue weighted by atomic mass is 19.1. The summed E-state index contributed by atoms with van der Waals surface area (Å²) in [6.45, 7) is 2.22. The number of piperidine rings is 1. The number of benzene rings is 2. The normalized spacial score (nSPS) is 14.4. The fraction of sp³-hybridized carbons (Fsp3) is 0.286. The molecule has 1 N–H and O–H groups in total. The second-order valence-corrected chi connectivity index (χ2v) is 6.72. The molecule has 0 aliphatic carbocycles. The monoisotopic (exact) mass is 367 g/mol. The zero-order chi connectivity index (χ0) is 18.8. The fourth-order valence-corrected chi connectivity index (χ4v) is 3.47. The molecule has 1 aromatic heterocycles. The van der Waals surface area contributed by atoms with Crippen LogP contribution in [0.25, 0.3) is 16.9 Å². The van der Waals surface area contributed by atoms with Crippen molar-refractivity contribution >= 4 is 5.69 Å². The predicted molar refractivity (Wildman–Crippen MR) is 103 cm³/mol. The molecule has 5 nitrogen and oxygen atoms in total. The smallest absolute Gasteiger partial charge is 0.194 e. The average molecular weight is 367 g/mol. The largest absolute Gasteiger partial charge is 0.502 e. The molecule has 3 aromatic rings. The molecule has 1 aliphatic heterocycles. The quantitative estimate of drug-likeness (QED) is 0.743. The van der Waals surface area contributed by atoms with Gasteiger partial charge in [-0.15, -0.1) is 0 Å². The van der Waals surface area contributed by atoms with Gasteiger partial charge in [-0.25, -0.2) is 9.07 Å². The van der Waals surface area contributed by atoms with Crippen LogP contribution in [0, 0.1) is 5.82 Å². The maximum atomic E-state index is 13.9. The molecule has 140 valence electrons. The number of ether oxygens (including phenoxy) is 1. The zero-order valence-corrected chi connectivity index (χ0v) is 15.2. The number of nitrogens with zero attached hydrogens (tertiary/aromatic N) is 3. The first-order valence-electron chi connectivity index (χ1n) is 9.13. The number of aromatic nitrogens is 2. The van der Waals surface area contributed by atoms with Gasteiger partial charge in [-0.2, -0.15) is 5.10 Å². The second kappa shape index (κ2) is 7.31. The Balaban J connectivity index is 1.58. The molecule has 1 saturated heterocycles. The lowest BCUT2D eigenvalue weighted by Gasteiger charge is -2.28. The number of hydrogen-bond acceptors (Lipinski definition) is 4. The minimum atomic E-state index is -0.732. The van der Waals surface area contributed by atoms with E-state index in [2.05, 4.69) is 22.1 Å². The van der Waals surface area contributed by atoms with Crippen LogP contribution in [0.3, 0.4) is 0 Å². The summed E-state index contributed by atoms with van der Waals surface area (Å²) < 4.78 is 20.7. The van der Waals surface area contributed by atoms with E-state index in [0.29, 0.717) is 11.3 Å². The minimum Gasteiger partial charge on any atom is -0.502 e. The number of phenolic OH excluding ortho intramolecular Hbond substituents is 1. The first kappa shape index (κ1) is 17.4. The lowest BCUT2D eigenvalue weighted by molar-refractivity contribution is 0.357. The Kier molecular flexibility index (Phi) is 4.71. The van der Waals surface area contributed by atoms with E-state index in [4.69, 9.17) is 4.74 Å². The van der Waals surface area contributed by atoms with Crippen molar-refractivity contribution in [3.8, 4) is 28.4 Å². The summed E-state index contributed by atoms with van der Waals surface area (Å²) in [6.07, 6.45) is 5.64. The summed E-state index contributed by atoms with van der Waals surface area (Å²) in [6, 6.07) is 13.0. The Morgan fingerprint density at radius 1 is 1.00 bits per heavy atom. The van der Waals surface area contributed by atoms with E-state index < -0.39 is 11.6 Å². The maximum absolute atomic E-state index is 13.9. The van der Waals surface area contributed by atoms with E-state index in [1.54, 1.807) is 10.7 Å². The molecule has 6 heteroatoms. The summed E-state index contributed by atoms with van der Waals surface area (Å²) in [5.41, 5.74) is 3.32. The fourth-order valence-electron chi connectivity index (χ4n) is 3.47. The molecule has 27 heavy (non-hydrogen) atoms. The molecule has 0 saturated carbocycles. The summed E-state index contributed by atoms with van der Waals surface area (Å²) in [5.74, 6) is -1.13. The lowest BCUT2D eigenvalue weighted by atomic mass is 10.1. The highest BCUT2D eigenvalue weighted by Crippen LogP contribution is 2.34. The first-order valence-corrected chi connectivity index (χ1v) is 9.13. The SMILES string of the molecule is COc1cc(-c2ccn(-c3ccc(N4CCCCC4)cc3)n2)cc(F)c1O. The van der Waals surface area contributed by atoms with E-state index >= 15 is 0 Å². The van der Waals surface area contributed by atoms with Gasteiger partial charge < -0.3 is 14.7 Å². The van der Waals surface area contributed by atoms with Gasteiger partial charge in [0.05, 0.1) is 18.5 Å². The van der Waals surface area contributed by atoms with Crippen molar-refractivity contribution in [3.63, 3.8) is 0 Å². The molecule has 0 spiro atoms. The number of rotatable bonds is 4. The third-order valence-corrected chi connectivity index (χ3v) is 4.97. The van der Waals surface area contributed by atoms with Crippen molar-refractivity contribution in [3.05, 3.63) is 54.5 Å². The van der Waals surface area contributed by atoms with Gasteiger partial charge in [0.25, 0.3) is 0 Å². The number of hydrogen-bond donors (Lipinski definition) is 1.